The Hall–Kier alpha value is -2.15. The first-order valence-corrected chi connectivity index (χ1v) is 7.49. The van der Waals surface area contributed by atoms with Crippen molar-refractivity contribution in [3.63, 3.8) is 0 Å². The standard InChI is InChI=1S/C15H16ClFN2O4/c16-11-7-9(17)4-5-10(11)15(22)23-8-13(20)19-6-2-1-3-12(19)14(18)21/h4-5,7,12H,1-3,6,8H2,(H2,18,21)/t12-/m1/s1. The number of hydrogen-bond donors (Lipinski definition) is 1. The summed E-state index contributed by atoms with van der Waals surface area (Å²) in [6.07, 6.45) is 2.06. The van der Waals surface area contributed by atoms with Crippen molar-refractivity contribution in [1.29, 1.82) is 0 Å². The Bertz CT molecular complexity index is 638. The molecule has 2 N–H and O–H groups in total. The Morgan fingerprint density at radius 1 is 1.35 bits per heavy atom. The van der Waals surface area contributed by atoms with Crippen molar-refractivity contribution >= 4 is 29.4 Å². The first-order chi connectivity index (χ1) is 10.9. The Morgan fingerprint density at radius 3 is 2.74 bits per heavy atom. The number of nitrogens with zero attached hydrogens (tertiary/aromatic N) is 1. The van der Waals surface area contributed by atoms with Gasteiger partial charge in [-0.25, -0.2) is 9.18 Å². The molecule has 0 spiro atoms. The number of amides is 2. The van der Waals surface area contributed by atoms with Crippen LogP contribution in [0.15, 0.2) is 18.2 Å². The number of ether oxygens (including phenoxy) is 1. The fourth-order valence-corrected chi connectivity index (χ4v) is 2.71. The van der Waals surface area contributed by atoms with Crippen LogP contribution in [0.1, 0.15) is 29.6 Å². The minimum absolute atomic E-state index is 0.0361. The molecule has 0 aromatic heterocycles. The normalized spacial score (nSPS) is 17.7. The summed E-state index contributed by atoms with van der Waals surface area (Å²) in [5, 5.41) is -0.101. The van der Waals surface area contributed by atoms with Crippen LogP contribution in [-0.2, 0) is 14.3 Å². The van der Waals surface area contributed by atoms with Crippen molar-refractivity contribution in [2.24, 2.45) is 5.73 Å². The van der Waals surface area contributed by atoms with Gasteiger partial charge < -0.3 is 15.4 Å². The molecule has 0 saturated carbocycles. The number of primary amides is 1. The van der Waals surface area contributed by atoms with E-state index >= 15 is 0 Å². The monoisotopic (exact) mass is 342 g/mol. The summed E-state index contributed by atoms with van der Waals surface area (Å²) >= 11 is 5.76. The average molecular weight is 343 g/mol. The van der Waals surface area contributed by atoms with Crippen molar-refractivity contribution in [3.8, 4) is 0 Å². The van der Waals surface area contributed by atoms with Crippen molar-refractivity contribution < 1.29 is 23.5 Å². The Morgan fingerprint density at radius 2 is 2.09 bits per heavy atom. The van der Waals surface area contributed by atoms with Gasteiger partial charge in [0.2, 0.25) is 5.91 Å². The summed E-state index contributed by atoms with van der Waals surface area (Å²) in [4.78, 5) is 36.7. The Labute approximate surface area is 137 Å². The predicted octanol–water partition coefficient (Wildman–Crippen LogP) is 1.50. The molecule has 8 heteroatoms. The molecule has 1 aliphatic heterocycles. The van der Waals surface area contributed by atoms with Gasteiger partial charge in [-0.05, 0) is 37.5 Å². The van der Waals surface area contributed by atoms with E-state index in [9.17, 15) is 18.8 Å². The Kier molecular flexibility index (Phi) is 5.54. The number of halogens is 2. The van der Waals surface area contributed by atoms with Crippen molar-refractivity contribution in [3.05, 3.63) is 34.6 Å². The summed E-state index contributed by atoms with van der Waals surface area (Å²) < 4.78 is 17.8. The molecule has 2 amide bonds. The molecule has 6 nitrogen and oxygen atoms in total. The number of piperidine rings is 1. The number of benzene rings is 1. The van der Waals surface area contributed by atoms with E-state index in [1.54, 1.807) is 0 Å². The van der Waals surface area contributed by atoms with E-state index in [0.29, 0.717) is 13.0 Å². The summed E-state index contributed by atoms with van der Waals surface area (Å²) in [7, 11) is 0. The average Bonchev–Trinajstić information content (AvgIpc) is 2.52. The highest BCUT2D eigenvalue weighted by atomic mass is 35.5. The van der Waals surface area contributed by atoms with Crippen LogP contribution < -0.4 is 5.73 Å². The highest BCUT2D eigenvalue weighted by Crippen LogP contribution is 2.19. The molecule has 124 valence electrons. The van der Waals surface area contributed by atoms with Gasteiger partial charge >= 0.3 is 5.97 Å². The minimum atomic E-state index is -0.837. The van der Waals surface area contributed by atoms with Crippen LogP contribution >= 0.6 is 11.6 Å². The lowest BCUT2D eigenvalue weighted by atomic mass is 10.0. The minimum Gasteiger partial charge on any atom is -0.452 e. The van der Waals surface area contributed by atoms with E-state index in [1.807, 2.05) is 0 Å². The number of nitrogens with two attached hydrogens (primary N) is 1. The molecule has 1 heterocycles. The second-order valence-electron chi connectivity index (χ2n) is 5.20. The van der Waals surface area contributed by atoms with Crippen LogP contribution in [-0.4, -0.2) is 41.9 Å². The number of likely N-dealkylation sites (tertiary alicyclic amines) is 1. The zero-order valence-electron chi connectivity index (χ0n) is 12.3. The molecule has 1 aromatic carbocycles. The van der Waals surface area contributed by atoms with Crippen molar-refractivity contribution in [2.45, 2.75) is 25.3 Å². The fourth-order valence-electron chi connectivity index (χ4n) is 2.47. The summed E-state index contributed by atoms with van der Waals surface area (Å²) in [6, 6.07) is 2.55. The molecular weight excluding hydrogens is 327 g/mol. The van der Waals surface area contributed by atoms with E-state index in [2.05, 4.69) is 0 Å². The van der Waals surface area contributed by atoms with E-state index in [-0.39, 0.29) is 10.6 Å². The second-order valence-corrected chi connectivity index (χ2v) is 5.61. The largest absolute Gasteiger partial charge is 0.452 e. The van der Waals surface area contributed by atoms with Crippen LogP contribution in [0.2, 0.25) is 5.02 Å². The molecule has 1 aromatic rings. The van der Waals surface area contributed by atoms with E-state index in [0.717, 1.165) is 25.0 Å². The molecule has 1 fully saturated rings. The Balaban J connectivity index is 1.97. The molecule has 1 aliphatic rings. The smallest absolute Gasteiger partial charge is 0.340 e. The number of hydrogen-bond acceptors (Lipinski definition) is 4. The number of rotatable bonds is 4. The fraction of sp³-hybridized carbons (Fsp3) is 0.400. The van der Waals surface area contributed by atoms with E-state index in [4.69, 9.17) is 22.1 Å². The zero-order valence-corrected chi connectivity index (χ0v) is 13.0. The first kappa shape index (κ1) is 17.2. The molecule has 2 rings (SSSR count). The zero-order chi connectivity index (χ0) is 17.0. The lowest BCUT2D eigenvalue weighted by Crippen LogP contribution is -2.51. The lowest BCUT2D eigenvalue weighted by molar-refractivity contribution is -0.143. The topological polar surface area (TPSA) is 89.7 Å². The van der Waals surface area contributed by atoms with Gasteiger partial charge in [-0.15, -0.1) is 0 Å². The molecule has 1 saturated heterocycles. The molecule has 0 aliphatic carbocycles. The summed E-state index contributed by atoms with van der Waals surface area (Å²) in [5.74, 6) is -2.50. The van der Waals surface area contributed by atoms with Gasteiger partial charge in [-0.1, -0.05) is 11.6 Å². The maximum absolute atomic E-state index is 12.9. The SMILES string of the molecule is NC(=O)[C@H]1CCCCN1C(=O)COC(=O)c1ccc(F)cc1Cl. The van der Waals surface area contributed by atoms with Crippen molar-refractivity contribution in [2.75, 3.05) is 13.2 Å². The van der Waals surface area contributed by atoms with Gasteiger partial charge in [0.1, 0.15) is 11.9 Å². The van der Waals surface area contributed by atoms with E-state index < -0.39 is 36.2 Å². The quantitative estimate of drug-likeness (QED) is 0.840. The molecular formula is C15H16ClFN2O4. The van der Waals surface area contributed by atoms with Gasteiger partial charge in [0.05, 0.1) is 10.6 Å². The maximum atomic E-state index is 12.9. The summed E-state index contributed by atoms with van der Waals surface area (Å²) in [5.41, 5.74) is 5.25. The summed E-state index contributed by atoms with van der Waals surface area (Å²) in [6.45, 7) is -0.141. The number of carbonyl (C=O) groups excluding carboxylic acids is 3. The van der Waals surface area contributed by atoms with Gasteiger partial charge in [0, 0.05) is 6.54 Å². The lowest BCUT2D eigenvalue weighted by Gasteiger charge is -2.33. The van der Waals surface area contributed by atoms with Gasteiger partial charge in [-0.3, -0.25) is 9.59 Å². The third-order valence-electron chi connectivity index (χ3n) is 3.63. The third kappa shape index (κ3) is 4.19. The van der Waals surface area contributed by atoms with Crippen LogP contribution in [0, 0.1) is 5.82 Å². The predicted molar refractivity (Wildman–Crippen MR) is 80.2 cm³/mol. The van der Waals surface area contributed by atoms with Gasteiger partial charge in [-0.2, -0.15) is 0 Å². The van der Waals surface area contributed by atoms with Crippen LogP contribution in [0.3, 0.4) is 0 Å². The number of esters is 1. The molecule has 0 unspecified atom stereocenters. The molecule has 0 bridgehead atoms. The molecule has 1 atom stereocenters. The first-order valence-electron chi connectivity index (χ1n) is 7.11. The molecule has 0 radical (unpaired) electrons. The second kappa shape index (κ2) is 7.41. The van der Waals surface area contributed by atoms with Crippen LogP contribution in [0.25, 0.3) is 0 Å². The highest BCUT2D eigenvalue weighted by Gasteiger charge is 2.31. The van der Waals surface area contributed by atoms with Gasteiger partial charge in [0.25, 0.3) is 5.91 Å². The van der Waals surface area contributed by atoms with E-state index in [1.165, 1.54) is 11.0 Å². The van der Waals surface area contributed by atoms with Gasteiger partial charge in [0.15, 0.2) is 6.61 Å². The van der Waals surface area contributed by atoms with Crippen LogP contribution in [0.5, 0.6) is 0 Å². The molecule has 23 heavy (non-hydrogen) atoms. The third-order valence-corrected chi connectivity index (χ3v) is 3.94. The maximum Gasteiger partial charge on any atom is 0.340 e. The number of carbonyl (C=O) groups is 3. The highest BCUT2D eigenvalue weighted by molar-refractivity contribution is 6.33. The van der Waals surface area contributed by atoms with Crippen LogP contribution in [0.4, 0.5) is 4.39 Å². The van der Waals surface area contributed by atoms with Crippen molar-refractivity contribution in [1.82, 2.24) is 4.90 Å².